The zero-order chi connectivity index (χ0) is 23.6. The van der Waals surface area contributed by atoms with Crippen molar-refractivity contribution in [2.24, 2.45) is 5.92 Å². The number of sulfonamides is 1. The van der Waals surface area contributed by atoms with Crippen LogP contribution in [0.5, 0.6) is 0 Å². The fourth-order valence-electron chi connectivity index (χ4n) is 4.41. The highest BCUT2D eigenvalue weighted by atomic mass is 32.2. The van der Waals surface area contributed by atoms with E-state index in [9.17, 15) is 18.0 Å². The van der Waals surface area contributed by atoms with Crippen molar-refractivity contribution in [3.8, 4) is 0 Å². The molecule has 0 spiro atoms. The molecule has 1 amide bonds. The molecule has 8 heteroatoms. The first kappa shape index (κ1) is 23.4. The van der Waals surface area contributed by atoms with E-state index in [1.165, 1.54) is 9.87 Å². The maximum absolute atomic E-state index is 13.0. The molecular weight excluding hydrogens is 440 g/mol. The van der Waals surface area contributed by atoms with Crippen LogP contribution in [0.2, 0.25) is 0 Å². The van der Waals surface area contributed by atoms with Crippen LogP contribution in [-0.4, -0.2) is 55.7 Å². The molecule has 0 atom stereocenters. The SMILES string of the molecule is Cc1ccc(S(=O)(=O)N2CCC(C(=O)OCC(=O)N3CCc4ccccc4C3)CC2)cc1C. The molecule has 4 rings (SSSR count). The lowest BCUT2D eigenvalue weighted by Gasteiger charge is -2.31. The van der Waals surface area contributed by atoms with Gasteiger partial charge in [0.15, 0.2) is 6.61 Å². The van der Waals surface area contributed by atoms with Crippen molar-refractivity contribution < 1.29 is 22.7 Å². The fraction of sp³-hybridized carbons (Fsp3) is 0.440. The molecule has 0 N–H and O–H groups in total. The van der Waals surface area contributed by atoms with E-state index in [1.54, 1.807) is 17.0 Å². The molecular formula is C25H30N2O5S. The van der Waals surface area contributed by atoms with Gasteiger partial charge in [0.25, 0.3) is 5.91 Å². The van der Waals surface area contributed by atoms with Crippen molar-refractivity contribution in [2.75, 3.05) is 26.2 Å². The summed E-state index contributed by atoms with van der Waals surface area (Å²) >= 11 is 0. The lowest BCUT2D eigenvalue weighted by molar-refractivity contribution is -0.156. The van der Waals surface area contributed by atoms with Gasteiger partial charge in [-0.05, 0) is 67.5 Å². The molecule has 2 aromatic rings. The summed E-state index contributed by atoms with van der Waals surface area (Å²) in [4.78, 5) is 27.1. The third kappa shape index (κ3) is 5.12. The summed E-state index contributed by atoms with van der Waals surface area (Å²) in [5, 5.41) is 0. The number of esters is 1. The molecule has 0 radical (unpaired) electrons. The second-order valence-corrected chi connectivity index (χ2v) is 10.8. The Bertz CT molecular complexity index is 1150. The van der Waals surface area contributed by atoms with Crippen LogP contribution < -0.4 is 0 Å². The van der Waals surface area contributed by atoms with Gasteiger partial charge in [-0.15, -0.1) is 0 Å². The minimum atomic E-state index is -3.59. The Balaban J connectivity index is 1.27. The number of aryl methyl sites for hydroxylation is 2. The van der Waals surface area contributed by atoms with Crippen LogP contribution >= 0.6 is 0 Å². The molecule has 176 valence electrons. The van der Waals surface area contributed by atoms with Crippen LogP contribution in [0.25, 0.3) is 0 Å². The summed E-state index contributed by atoms with van der Waals surface area (Å²) in [5.41, 5.74) is 4.34. The van der Waals surface area contributed by atoms with Crippen LogP contribution in [-0.2, 0) is 37.3 Å². The number of amides is 1. The Morgan fingerprint density at radius 2 is 1.67 bits per heavy atom. The van der Waals surface area contributed by atoms with Crippen molar-refractivity contribution in [1.82, 2.24) is 9.21 Å². The number of piperidine rings is 1. The zero-order valence-corrected chi connectivity index (χ0v) is 19.9. The smallest absolute Gasteiger partial charge is 0.309 e. The molecule has 33 heavy (non-hydrogen) atoms. The predicted octanol–water partition coefficient (Wildman–Crippen LogP) is 2.83. The minimum absolute atomic E-state index is 0.201. The van der Waals surface area contributed by atoms with E-state index >= 15 is 0 Å². The zero-order valence-electron chi connectivity index (χ0n) is 19.1. The summed E-state index contributed by atoms with van der Waals surface area (Å²) in [6.45, 7) is 5.21. The average molecular weight is 471 g/mol. The number of hydrogen-bond acceptors (Lipinski definition) is 5. The molecule has 0 bridgehead atoms. The summed E-state index contributed by atoms with van der Waals surface area (Å²) in [6, 6.07) is 13.2. The molecule has 1 saturated heterocycles. The molecule has 0 saturated carbocycles. The van der Waals surface area contributed by atoms with Crippen LogP contribution in [0.4, 0.5) is 0 Å². The van der Waals surface area contributed by atoms with E-state index in [-0.39, 0.29) is 30.5 Å². The van der Waals surface area contributed by atoms with Gasteiger partial charge in [-0.1, -0.05) is 30.3 Å². The largest absolute Gasteiger partial charge is 0.455 e. The van der Waals surface area contributed by atoms with Crippen LogP contribution in [0, 0.1) is 19.8 Å². The number of fused-ring (bicyclic) bond motifs is 1. The fourth-order valence-corrected chi connectivity index (χ4v) is 5.96. The second kappa shape index (κ2) is 9.65. The van der Waals surface area contributed by atoms with Crippen molar-refractivity contribution in [2.45, 2.75) is 44.6 Å². The van der Waals surface area contributed by atoms with Gasteiger partial charge in [0.2, 0.25) is 10.0 Å². The Morgan fingerprint density at radius 3 is 2.36 bits per heavy atom. The topological polar surface area (TPSA) is 84.0 Å². The number of nitrogens with zero attached hydrogens (tertiary/aromatic N) is 2. The van der Waals surface area contributed by atoms with Crippen LogP contribution in [0.15, 0.2) is 47.4 Å². The summed E-state index contributed by atoms with van der Waals surface area (Å²) < 4.78 is 32.7. The Morgan fingerprint density at radius 1 is 0.970 bits per heavy atom. The lowest BCUT2D eigenvalue weighted by Crippen LogP contribution is -2.42. The first-order valence-electron chi connectivity index (χ1n) is 11.3. The molecule has 7 nitrogen and oxygen atoms in total. The maximum Gasteiger partial charge on any atom is 0.309 e. The number of benzene rings is 2. The third-order valence-corrected chi connectivity index (χ3v) is 8.62. The van der Waals surface area contributed by atoms with Gasteiger partial charge in [-0.2, -0.15) is 4.31 Å². The van der Waals surface area contributed by atoms with Gasteiger partial charge in [0.1, 0.15) is 0 Å². The predicted molar refractivity (Wildman–Crippen MR) is 124 cm³/mol. The highest BCUT2D eigenvalue weighted by molar-refractivity contribution is 7.89. The van der Waals surface area contributed by atoms with Gasteiger partial charge < -0.3 is 9.64 Å². The Hall–Kier alpha value is -2.71. The number of rotatable bonds is 5. The molecule has 2 aliphatic heterocycles. The first-order chi connectivity index (χ1) is 15.8. The first-order valence-corrected chi connectivity index (χ1v) is 12.8. The second-order valence-electron chi connectivity index (χ2n) is 8.87. The van der Waals surface area contributed by atoms with E-state index in [0.29, 0.717) is 25.9 Å². The quantitative estimate of drug-likeness (QED) is 0.628. The maximum atomic E-state index is 13.0. The standard InChI is InChI=1S/C25H30N2O5S/c1-18-7-8-23(15-19(18)2)33(30,31)27-13-10-21(11-14-27)25(29)32-17-24(28)26-12-9-20-5-3-4-6-22(20)16-26/h3-8,15,21H,9-14,16-17H2,1-2H3. The van der Waals surface area contributed by atoms with Gasteiger partial charge in [0, 0.05) is 26.2 Å². The average Bonchev–Trinajstić information content (AvgIpc) is 2.83. The molecule has 1 fully saturated rings. The van der Waals surface area contributed by atoms with Gasteiger partial charge in [0.05, 0.1) is 10.8 Å². The molecule has 2 aromatic carbocycles. The van der Waals surface area contributed by atoms with E-state index < -0.39 is 21.9 Å². The monoisotopic (exact) mass is 470 g/mol. The van der Waals surface area contributed by atoms with E-state index in [1.807, 2.05) is 38.1 Å². The van der Waals surface area contributed by atoms with Gasteiger partial charge >= 0.3 is 5.97 Å². The summed E-state index contributed by atoms with van der Waals surface area (Å²) in [6.07, 6.45) is 1.56. The van der Waals surface area contributed by atoms with Crippen LogP contribution in [0.1, 0.15) is 35.1 Å². The number of carbonyl (C=O) groups is 2. The minimum Gasteiger partial charge on any atom is -0.455 e. The molecule has 0 unspecified atom stereocenters. The molecule has 2 heterocycles. The Labute approximate surface area is 195 Å². The van der Waals surface area contributed by atoms with Crippen molar-refractivity contribution in [1.29, 1.82) is 0 Å². The van der Waals surface area contributed by atoms with Gasteiger partial charge in [-0.25, -0.2) is 8.42 Å². The number of carbonyl (C=O) groups excluding carboxylic acids is 2. The summed E-state index contributed by atoms with van der Waals surface area (Å²) in [7, 11) is -3.59. The highest BCUT2D eigenvalue weighted by Crippen LogP contribution is 2.26. The molecule has 0 aromatic heterocycles. The van der Waals surface area contributed by atoms with E-state index in [2.05, 4.69) is 6.07 Å². The third-order valence-electron chi connectivity index (χ3n) is 6.72. The van der Waals surface area contributed by atoms with Gasteiger partial charge in [-0.3, -0.25) is 9.59 Å². The number of ether oxygens (including phenoxy) is 1. The Kier molecular flexibility index (Phi) is 6.86. The van der Waals surface area contributed by atoms with Crippen LogP contribution in [0.3, 0.4) is 0 Å². The van der Waals surface area contributed by atoms with Crippen molar-refractivity contribution >= 4 is 21.9 Å². The highest BCUT2D eigenvalue weighted by Gasteiger charge is 2.33. The lowest BCUT2D eigenvalue weighted by atomic mass is 9.98. The normalized spacial score (nSPS) is 17.5. The van der Waals surface area contributed by atoms with E-state index in [4.69, 9.17) is 4.74 Å². The number of hydrogen-bond donors (Lipinski definition) is 0. The van der Waals surface area contributed by atoms with Crippen molar-refractivity contribution in [3.05, 3.63) is 64.7 Å². The van der Waals surface area contributed by atoms with E-state index in [0.717, 1.165) is 23.1 Å². The molecule has 0 aliphatic carbocycles. The molecule has 2 aliphatic rings. The van der Waals surface area contributed by atoms with Crippen molar-refractivity contribution in [3.63, 3.8) is 0 Å². The summed E-state index contributed by atoms with van der Waals surface area (Å²) in [5.74, 6) is -1.03.